The van der Waals surface area contributed by atoms with Crippen molar-refractivity contribution in [3.05, 3.63) is 63.7 Å². The smallest absolute Gasteiger partial charge is 0.310 e. The molecule has 1 amide bonds. The van der Waals surface area contributed by atoms with Crippen LogP contribution in [0.15, 0.2) is 42.5 Å². The summed E-state index contributed by atoms with van der Waals surface area (Å²) in [5.41, 5.74) is 8.59. The molecule has 0 aromatic heterocycles. The van der Waals surface area contributed by atoms with E-state index in [9.17, 15) is 14.9 Å². The molecule has 0 spiro atoms. The van der Waals surface area contributed by atoms with Crippen LogP contribution < -0.4 is 15.8 Å². The predicted octanol–water partition coefficient (Wildman–Crippen LogP) is 3.17. The van der Waals surface area contributed by atoms with Crippen LogP contribution in [0.3, 0.4) is 0 Å². The summed E-state index contributed by atoms with van der Waals surface area (Å²) in [6.45, 7) is -0.272. The first-order valence-electron chi connectivity index (χ1n) is 8.08. The number of carbonyl (C=O) groups is 1. The van der Waals surface area contributed by atoms with Gasteiger partial charge in [0.1, 0.15) is 0 Å². The quantitative estimate of drug-likeness (QED) is 0.472. The van der Waals surface area contributed by atoms with Crippen molar-refractivity contribution in [3.63, 3.8) is 0 Å². The highest BCUT2D eigenvalue weighted by Crippen LogP contribution is 2.31. The molecule has 8 heteroatoms. The number of amides is 1. The van der Waals surface area contributed by atoms with Crippen LogP contribution in [0, 0.1) is 10.1 Å². The molecule has 138 valence electrons. The van der Waals surface area contributed by atoms with Gasteiger partial charge in [0.15, 0.2) is 12.4 Å². The van der Waals surface area contributed by atoms with E-state index in [1.165, 1.54) is 12.1 Å². The van der Waals surface area contributed by atoms with Crippen LogP contribution in [0.2, 0.25) is 0 Å². The average Bonchev–Trinajstić information content (AvgIpc) is 2.60. The Bertz CT molecular complexity index is 813. The number of hydrogen-bond acceptors (Lipinski definition) is 5. The number of ether oxygens (including phenoxy) is 1. The van der Waals surface area contributed by atoms with Crippen LogP contribution >= 0.6 is 12.4 Å². The molecule has 1 aliphatic carbocycles. The highest BCUT2D eigenvalue weighted by Gasteiger charge is 2.22. The van der Waals surface area contributed by atoms with Gasteiger partial charge in [-0.2, -0.15) is 0 Å². The van der Waals surface area contributed by atoms with E-state index in [-0.39, 0.29) is 42.4 Å². The zero-order valence-electron chi connectivity index (χ0n) is 14.0. The number of hydrogen-bond donors (Lipinski definition) is 2. The molecule has 0 heterocycles. The van der Waals surface area contributed by atoms with Crippen LogP contribution in [0.1, 0.15) is 30.0 Å². The summed E-state index contributed by atoms with van der Waals surface area (Å²) in [7, 11) is 0. The minimum Gasteiger partial charge on any atom is -0.477 e. The molecule has 0 fully saturated rings. The molecule has 0 saturated heterocycles. The Morgan fingerprint density at radius 2 is 2.08 bits per heavy atom. The van der Waals surface area contributed by atoms with Crippen LogP contribution in [-0.4, -0.2) is 17.4 Å². The molecular weight excluding hydrogens is 358 g/mol. The summed E-state index contributed by atoms with van der Waals surface area (Å²) in [6, 6.07) is 11.6. The summed E-state index contributed by atoms with van der Waals surface area (Å²) in [5.74, 6) is -0.229. The molecule has 0 radical (unpaired) electrons. The van der Waals surface area contributed by atoms with E-state index < -0.39 is 4.92 Å². The van der Waals surface area contributed by atoms with E-state index in [1.807, 2.05) is 18.2 Å². The van der Waals surface area contributed by atoms with Crippen LogP contribution in [-0.2, 0) is 11.2 Å². The molecule has 2 aromatic carbocycles. The number of carbonyl (C=O) groups excluding carboxylic acids is 1. The third-order valence-corrected chi connectivity index (χ3v) is 4.24. The summed E-state index contributed by atoms with van der Waals surface area (Å²) >= 11 is 0. The van der Waals surface area contributed by atoms with Gasteiger partial charge in [-0.05, 0) is 48.6 Å². The highest BCUT2D eigenvalue weighted by molar-refractivity contribution is 5.85. The van der Waals surface area contributed by atoms with E-state index in [1.54, 1.807) is 12.1 Å². The molecule has 0 aliphatic heterocycles. The van der Waals surface area contributed by atoms with Gasteiger partial charge >= 0.3 is 5.69 Å². The maximum Gasteiger partial charge on any atom is 0.310 e. The maximum atomic E-state index is 12.2. The Hall–Kier alpha value is -2.80. The Morgan fingerprint density at radius 3 is 2.85 bits per heavy atom. The minimum atomic E-state index is -0.533. The SMILES string of the molecule is Cl.Nc1ccc2c(c1)CCCC2NC(=O)COc1ccccc1[N+](=O)[O-]. The van der Waals surface area contributed by atoms with Crippen LogP contribution in [0.4, 0.5) is 11.4 Å². The molecule has 0 saturated carbocycles. The molecule has 0 bridgehead atoms. The van der Waals surface area contributed by atoms with E-state index in [2.05, 4.69) is 5.32 Å². The van der Waals surface area contributed by atoms with Crippen molar-refractivity contribution in [2.45, 2.75) is 25.3 Å². The number of nitrogens with zero attached hydrogens (tertiary/aromatic N) is 1. The molecule has 7 nitrogen and oxygen atoms in total. The monoisotopic (exact) mass is 377 g/mol. The molecule has 26 heavy (non-hydrogen) atoms. The standard InChI is InChI=1S/C18H19N3O4.ClH/c19-13-8-9-14-12(10-13)4-3-5-15(14)20-18(22)11-25-17-7-2-1-6-16(17)21(23)24;/h1-2,6-10,15H,3-5,11,19H2,(H,20,22);1H. The van der Waals surface area contributed by atoms with Gasteiger partial charge in [-0.3, -0.25) is 14.9 Å². The second-order valence-corrected chi connectivity index (χ2v) is 5.98. The first kappa shape index (κ1) is 19.5. The van der Waals surface area contributed by atoms with Gasteiger partial charge in [0.05, 0.1) is 11.0 Å². The second-order valence-electron chi connectivity index (χ2n) is 5.98. The van der Waals surface area contributed by atoms with E-state index in [0.717, 1.165) is 30.4 Å². The van der Waals surface area contributed by atoms with Gasteiger partial charge in [0.25, 0.3) is 5.91 Å². The van der Waals surface area contributed by atoms with Gasteiger partial charge < -0.3 is 15.8 Å². The van der Waals surface area contributed by atoms with Crippen molar-refractivity contribution in [3.8, 4) is 5.75 Å². The first-order chi connectivity index (χ1) is 12.0. The molecule has 2 aromatic rings. The van der Waals surface area contributed by atoms with Gasteiger partial charge in [-0.25, -0.2) is 0 Å². The number of nitro groups is 1. The number of anilines is 1. The van der Waals surface area contributed by atoms with Crippen LogP contribution in [0.25, 0.3) is 0 Å². The predicted molar refractivity (Wildman–Crippen MR) is 101 cm³/mol. The van der Waals surface area contributed by atoms with Crippen molar-refractivity contribution < 1.29 is 14.5 Å². The highest BCUT2D eigenvalue weighted by atomic mass is 35.5. The van der Waals surface area contributed by atoms with Gasteiger partial charge in [-0.15, -0.1) is 12.4 Å². The Balaban J connectivity index is 0.00000243. The number of nitrogens with one attached hydrogen (secondary N) is 1. The van der Waals surface area contributed by atoms with Gasteiger partial charge in [-0.1, -0.05) is 18.2 Å². The Kier molecular flexibility index (Phi) is 6.41. The number of benzene rings is 2. The number of rotatable bonds is 5. The number of fused-ring (bicyclic) bond motifs is 1. The molecule has 1 atom stereocenters. The summed E-state index contributed by atoms with van der Waals surface area (Å²) < 4.78 is 5.34. The third kappa shape index (κ3) is 4.43. The topological polar surface area (TPSA) is 107 Å². The summed E-state index contributed by atoms with van der Waals surface area (Å²) in [4.78, 5) is 22.6. The molecular formula is C18H20ClN3O4. The fourth-order valence-electron chi connectivity index (χ4n) is 3.09. The van der Waals surface area contributed by atoms with Crippen molar-refractivity contribution in [2.75, 3.05) is 12.3 Å². The summed E-state index contributed by atoms with van der Waals surface area (Å²) in [5, 5.41) is 13.9. The fraction of sp³-hybridized carbons (Fsp3) is 0.278. The second kappa shape index (κ2) is 8.53. The number of nitrogen functional groups attached to an aromatic ring is 1. The lowest BCUT2D eigenvalue weighted by Crippen LogP contribution is -2.34. The van der Waals surface area contributed by atoms with E-state index in [0.29, 0.717) is 5.69 Å². The zero-order valence-corrected chi connectivity index (χ0v) is 14.8. The summed E-state index contributed by atoms with van der Waals surface area (Å²) in [6.07, 6.45) is 2.75. The lowest BCUT2D eigenvalue weighted by molar-refractivity contribution is -0.385. The number of halogens is 1. The number of nitrogens with two attached hydrogens (primary N) is 1. The average molecular weight is 378 g/mol. The normalized spacial score (nSPS) is 15.3. The largest absolute Gasteiger partial charge is 0.477 e. The Labute approximate surface area is 157 Å². The molecule has 3 N–H and O–H groups in total. The molecule has 3 rings (SSSR count). The van der Waals surface area contributed by atoms with Gasteiger partial charge in [0, 0.05) is 11.8 Å². The van der Waals surface area contributed by atoms with Crippen LogP contribution in [0.5, 0.6) is 5.75 Å². The van der Waals surface area contributed by atoms with Crippen molar-refractivity contribution >= 4 is 29.7 Å². The van der Waals surface area contributed by atoms with Gasteiger partial charge in [0.2, 0.25) is 0 Å². The minimum absolute atomic E-state index is 0. The lowest BCUT2D eigenvalue weighted by atomic mass is 9.87. The maximum absolute atomic E-state index is 12.2. The lowest BCUT2D eigenvalue weighted by Gasteiger charge is -2.26. The molecule has 1 aliphatic rings. The first-order valence-corrected chi connectivity index (χ1v) is 8.08. The van der Waals surface area contributed by atoms with Crippen molar-refractivity contribution in [2.24, 2.45) is 0 Å². The zero-order chi connectivity index (χ0) is 17.8. The molecule has 1 unspecified atom stereocenters. The number of para-hydroxylation sites is 2. The van der Waals surface area contributed by atoms with E-state index >= 15 is 0 Å². The number of aryl methyl sites for hydroxylation is 1. The third-order valence-electron chi connectivity index (χ3n) is 4.24. The van der Waals surface area contributed by atoms with Crippen molar-refractivity contribution in [1.82, 2.24) is 5.32 Å². The number of nitro benzene ring substituents is 1. The van der Waals surface area contributed by atoms with Crippen molar-refractivity contribution in [1.29, 1.82) is 0 Å². The fourth-order valence-corrected chi connectivity index (χ4v) is 3.09. The Morgan fingerprint density at radius 1 is 1.31 bits per heavy atom. The van der Waals surface area contributed by atoms with E-state index in [4.69, 9.17) is 10.5 Å².